The Morgan fingerprint density at radius 2 is 2.06 bits per heavy atom. The van der Waals surface area contributed by atoms with Gasteiger partial charge in [-0.15, -0.1) is 0 Å². The molecule has 1 atom stereocenters. The molecule has 0 aromatic heterocycles. The molecule has 1 saturated heterocycles. The van der Waals surface area contributed by atoms with Crippen LogP contribution in [0.5, 0.6) is 0 Å². The lowest BCUT2D eigenvalue weighted by Crippen LogP contribution is -2.43. The average molecular weight is 287 g/mol. The van der Waals surface area contributed by atoms with Gasteiger partial charge < -0.3 is 10.6 Å². The fourth-order valence-corrected chi connectivity index (χ4v) is 2.49. The molecule has 1 aliphatic heterocycles. The summed E-state index contributed by atoms with van der Waals surface area (Å²) in [6.45, 7) is 0.509. The second-order valence-corrected chi connectivity index (χ2v) is 5.03. The fraction of sp³-hybridized carbons (Fsp3) is 0.333. The molecule has 1 heterocycles. The van der Waals surface area contributed by atoms with Crippen LogP contribution in [0.15, 0.2) is 18.2 Å². The largest absolute Gasteiger partial charge is 0.368 e. The number of amides is 2. The van der Waals surface area contributed by atoms with Crippen LogP contribution in [0, 0.1) is 0 Å². The zero-order valence-electron chi connectivity index (χ0n) is 9.53. The third-order valence-electron chi connectivity index (χ3n) is 3.00. The molecule has 0 bridgehead atoms. The molecule has 2 rings (SSSR count). The monoisotopic (exact) mass is 286 g/mol. The SMILES string of the molecule is NC(=O)C1CCCN1C(=O)c1cc(Cl)ccc1Cl. The van der Waals surface area contributed by atoms with Gasteiger partial charge in [0.2, 0.25) is 5.91 Å². The highest BCUT2D eigenvalue weighted by Gasteiger charge is 2.33. The fourth-order valence-electron chi connectivity index (χ4n) is 2.12. The molecule has 4 nitrogen and oxygen atoms in total. The number of halogens is 2. The lowest BCUT2D eigenvalue weighted by atomic mass is 10.1. The van der Waals surface area contributed by atoms with E-state index in [9.17, 15) is 9.59 Å². The van der Waals surface area contributed by atoms with E-state index in [0.29, 0.717) is 28.6 Å². The van der Waals surface area contributed by atoms with E-state index in [-0.39, 0.29) is 5.91 Å². The van der Waals surface area contributed by atoms with Crippen molar-refractivity contribution in [3.05, 3.63) is 33.8 Å². The second kappa shape index (κ2) is 5.16. The number of carbonyl (C=O) groups excluding carboxylic acids is 2. The summed E-state index contributed by atoms with van der Waals surface area (Å²) in [6.07, 6.45) is 1.36. The van der Waals surface area contributed by atoms with Crippen molar-refractivity contribution >= 4 is 35.0 Å². The Balaban J connectivity index is 2.31. The zero-order valence-corrected chi connectivity index (χ0v) is 11.0. The molecule has 1 aromatic rings. The van der Waals surface area contributed by atoms with E-state index in [1.807, 2.05) is 0 Å². The maximum absolute atomic E-state index is 12.3. The van der Waals surface area contributed by atoms with Gasteiger partial charge >= 0.3 is 0 Å². The van der Waals surface area contributed by atoms with Crippen LogP contribution >= 0.6 is 23.2 Å². The van der Waals surface area contributed by atoms with Crippen molar-refractivity contribution in [2.24, 2.45) is 5.73 Å². The van der Waals surface area contributed by atoms with Crippen molar-refractivity contribution in [2.45, 2.75) is 18.9 Å². The molecular weight excluding hydrogens is 275 g/mol. The Morgan fingerprint density at radius 1 is 1.33 bits per heavy atom. The molecule has 0 spiro atoms. The van der Waals surface area contributed by atoms with Crippen LogP contribution in [0.3, 0.4) is 0 Å². The molecule has 96 valence electrons. The first-order chi connectivity index (χ1) is 8.50. The number of hydrogen-bond acceptors (Lipinski definition) is 2. The highest BCUT2D eigenvalue weighted by Crippen LogP contribution is 2.26. The Bertz CT molecular complexity index is 505. The third-order valence-corrected chi connectivity index (χ3v) is 3.57. The van der Waals surface area contributed by atoms with E-state index in [4.69, 9.17) is 28.9 Å². The first-order valence-corrected chi connectivity index (χ1v) is 6.31. The Kier molecular flexibility index (Phi) is 3.78. The molecule has 1 aliphatic rings. The zero-order chi connectivity index (χ0) is 13.3. The predicted octanol–water partition coefficient (Wildman–Crippen LogP) is 2.08. The van der Waals surface area contributed by atoms with E-state index in [0.717, 1.165) is 6.42 Å². The van der Waals surface area contributed by atoms with Crippen molar-refractivity contribution in [3.63, 3.8) is 0 Å². The molecule has 1 aromatic carbocycles. The van der Waals surface area contributed by atoms with Crippen molar-refractivity contribution in [2.75, 3.05) is 6.54 Å². The van der Waals surface area contributed by atoms with Gasteiger partial charge in [-0.05, 0) is 31.0 Å². The van der Waals surface area contributed by atoms with Gasteiger partial charge in [0.05, 0.1) is 10.6 Å². The smallest absolute Gasteiger partial charge is 0.256 e. The Labute approximate surface area is 115 Å². The minimum atomic E-state index is -0.549. The summed E-state index contributed by atoms with van der Waals surface area (Å²) in [4.78, 5) is 25.0. The molecule has 0 saturated carbocycles. The Hall–Kier alpha value is -1.26. The van der Waals surface area contributed by atoms with E-state index < -0.39 is 11.9 Å². The maximum atomic E-state index is 12.3. The number of carbonyl (C=O) groups is 2. The normalized spacial score (nSPS) is 19.0. The topological polar surface area (TPSA) is 63.4 Å². The van der Waals surface area contributed by atoms with Crippen LogP contribution in [0.4, 0.5) is 0 Å². The molecule has 0 radical (unpaired) electrons. The van der Waals surface area contributed by atoms with Crippen molar-refractivity contribution in [1.82, 2.24) is 4.90 Å². The van der Waals surface area contributed by atoms with Gasteiger partial charge in [-0.1, -0.05) is 23.2 Å². The van der Waals surface area contributed by atoms with Crippen LogP contribution in [-0.4, -0.2) is 29.3 Å². The highest BCUT2D eigenvalue weighted by atomic mass is 35.5. The predicted molar refractivity (Wildman–Crippen MR) is 69.7 cm³/mol. The number of nitrogens with zero attached hydrogens (tertiary/aromatic N) is 1. The highest BCUT2D eigenvalue weighted by molar-refractivity contribution is 6.35. The first kappa shape index (κ1) is 13.2. The summed E-state index contributed by atoms with van der Waals surface area (Å²) in [5, 5.41) is 0.747. The first-order valence-electron chi connectivity index (χ1n) is 5.56. The number of benzene rings is 1. The van der Waals surface area contributed by atoms with Crippen LogP contribution in [0.1, 0.15) is 23.2 Å². The summed E-state index contributed by atoms with van der Waals surface area (Å²) in [5.74, 6) is -0.789. The van der Waals surface area contributed by atoms with E-state index in [1.165, 1.54) is 11.0 Å². The lowest BCUT2D eigenvalue weighted by molar-refractivity contribution is -0.121. The van der Waals surface area contributed by atoms with Crippen LogP contribution < -0.4 is 5.73 Å². The van der Waals surface area contributed by atoms with Gasteiger partial charge in [-0.3, -0.25) is 9.59 Å². The molecule has 2 N–H and O–H groups in total. The number of nitrogens with two attached hydrogens (primary N) is 1. The van der Waals surface area contributed by atoms with Crippen molar-refractivity contribution in [3.8, 4) is 0 Å². The average Bonchev–Trinajstić information content (AvgIpc) is 2.80. The van der Waals surface area contributed by atoms with Gasteiger partial charge in [0.15, 0.2) is 0 Å². The second-order valence-electron chi connectivity index (χ2n) is 4.18. The van der Waals surface area contributed by atoms with Gasteiger partial charge in [0.1, 0.15) is 6.04 Å². The standard InChI is InChI=1S/C12H12Cl2N2O2/c13-7-3-4-9(14)8(6-7)12(18)16-5-1-2-10(16)11(15)17/h3-4,6,10H,1-2,5H2,(H2,15,17). The van der Waals surface area contributed by atoms with Crippen molar-refractivity contribution in [1.29, 1.82) is 0 Å². The van der Waals surface area contributed by atoms with Crippen LogP contribution in [0.25, 0.3) is 0 Å². The number of primary amides is 1. The quantitative estimate of drug-likeness (QED) is 0.905. The summed E-state index contributed by atoms with van der Waals surface area (Å²) >= 11 is 11.8. The molecule has 2 amide bonds. The van der Waals surface area contributed by atoms with Crippen LogP contribution in [-0.2, 0) is 4.79 Å². The molecule has 1 unspecified atom stereocenters. The molecule has 1 fully saturated rings. The van der Waals surface area contributed by atoms with E-state index >= 15 is 0 Å². The van der Waals surface area contributed by atoms with Crippen molar-refractivity contribution < 1.29 is 9.59 Å². The number of rotatable bonds is 2. The van der Waals surface area contributed by atoms with Gasteiger partial charge in [-0.25, -0.2) is 0 Å². The van der Waals surface area contributed by atoms with E-state index in [1.54, 1.807) is 12.1 Å². The lowest BCUT2D eigenvalue weighted by Gasteiger charge is -2.22. The minimum absolute atomic E-state index is 0.302. The molecule has 6 heteroatoms. The third kappa shape index (κ3) is 2.44. The van der Waals surface area contributed by atoms with E-state index in [2.05, 4.69) is 0 Å². The summed E-state index contributed by atoms with van der Waals surface area (Å²) in [6, 6.07) is 4.12. The minimum Gasteiger partial charge on any atom is -0.368 e. The molecule has 18 heavy (non-hydrogen) atoms. The summed E-state index contributed by atoms with van der Waals surface area (Å²) in [7, 11) is 0. The van der Waals surface area contributed by atoms with Gasteiger partial charge in [0, 0.05) is 11.6 Å². The van der Waals surface area contributed by atoms with Gasteiger partial charge in [-0.2, -0.15) is 0 Å². The number of likely N-dealkylation sites (tertiary alicyclic amines) is 1. The number of hydrogen-bond donors (Lipinski definition) is 1. The van der Waals surface area contributed by atoms with Crippen LogP contribution in [0.2, 0.25) is 10.0 Å². The van der Waals surface area contributed by atoms with Gasteiger partial charge in [0.25, 0.3) is 5.91 Å². The summed E-state index contributed by atoms with van der Waals surface area (Å²) < 4.78 is 0. The molecule has 0 aliphatic carbocycles. The maximum Gasteiger partial charge on any atom is 0.256 e. The Morgan fingerprint density at radius 3 is 2.72 bits per heavy atom. The molecular formula is C12H12Cl2N2O2. The summed E-state index contributed by atoms with van der Waals surface area (Å²) in [5.41, 5.74) is 5.58.